The van der Waals surface area contributed by atoms with E-state index in [0.717, 1.165) is 26.8 Å². The molecule has 0 N–H and O–H groups in total. The maximum atomic E-state index is 13.5. The van der Waals surface area contributed by atoms with E-state index < -0.39 is 5.41 Å². The van der Waals surface area contributed by atoms with Crippen LogP contribution in [0.15, 0.2) is 77.3 Å². The van der Waals surface area contributed by atoms with Crippen LogP contribution < -0.4 is 4.74 Å². The summed E-state index contributed by atoms with van der Waals surface area (Å²) in [4.78, 5) is 26.0. The molecule has 5 heteroatoms. The molecule has 3 aromatic carbocycles. The number of nitrogens with zero attached hydrogens (tertiary/aromatic N) is 1. The van der Waals surface area contributed by atoms with Crippen LogP contribution in [0.3, 0.4) is 0 Å². The predicted octanol–water partition coefficient (Wildman–Crippen LogP) is 6.88. The maximum Gasteiger partial charge on any atom is 0.316 e. The van der Waals surface area contributed by atoms with Gasteiger partial charge in [0.15, 0.2) is 5.78 Å². The highest BCUT2D eigenvalue weighted by molar-refractivity contribution is 9.10. The molecule has 0 fully saturated rings. The summed E-state index contributed by atoms with van der Waals surface area (Å²) in [6.45, 7) is 7.38. The average Bonchev–Trinajstić information content (AvgIpc) is 3.05. The summed E-state index contributed by atoms with van der Waals surface area (Å²) in [5, 5.41) is 0.749. The van der Waals surface area contributed by atoms with Crippen molar-refractivity contribution in [1.82, 2.24) is 4.57 Å². The maximum absolute atomic E-state index is 13.5. The van der Waals surface area contributed by atoms with Crippen molar-refractivity contribution >= 4 is 38.6 Å². The van der Waals surface area contributed by atoms with Crippen molar-refractivity contribution in [3.8, 4) is 11.4 Å². The lowest BCUT2D eigenvalue weighted by Crippen LogP contribution is -2.25. The molecule has 0 bridgehead atoms. The second-order valence-corrected chi connectivity index (χ2v) is 9.70. The lowest BCUT2D eigenvalue weighted by Gasteiger charge is -2.16. The molecule has 32 heavy (non-hydrogen) atoms. The number of hydrogen-bond acceptors (Lipinski definition) is 3. The van der Waals surface area contributed by atoms with Gasteiger partial charge in [0.2, 0.25) is 0 Å². The van der Waals surface area contributed by atoms with Gasteiger partial charge in [-0.05, 0) is 70.2 Å². The first kappa shape index (κ1) is 22.0. The fraction of sp³-hybridized carbons (Fsp3) is 0.185. The first-order chi connectivity index (χ1) is 15.2. The van der Waals surface area contributed by atoms with Gasteiger partial charge in [0.1, 0.15) is 5.75 Å². The summed E-state index contributed by atoms with van der Waals surface area (Å²) in [5.74, 6) is 0.0348. The molecule has 0 atom stereocenters. The number of halogens is 1. The summed E-state index contributed by atoms with van der Waals surface area (Å²) in [5.41, 5.74) is 3.24. The molecule has 1 aromatic heterocycles. The van der Waals surface area contributed by atoms with E-state index in [4.69, 9.17) is 4.74 Å². The molecule has 0 aliphatic carbocycles. The number of ketones is 1. The second-order valence-electron chi connectivity index (χ2n) is 8.79. The molecule has 1 heterocycles. The van der Waals surface area contributed by atoms with Crippen LogP contribution >= 0.6 is 15.9 Å². The van der Waals surface area contributed by atoms with Crippen molar-refractivity contribution in [2.45, 2.75) is 27.7 Å². The quantitative estimate of drug-likeness (QED) is 0.178. The third kappa shape index (κ3) is 4.13. The van der Waals surface area contributed by atoms with Crippen molar-refractivity contribution < 1.29 is 14.3 Å². The minimum absolute atomic E-state index is 0.0664. The summed E-state index contributed by atoms with van der Waals surface area (Å²) >= 11 is 3.48. The number of carbonyl (C=O) groups excluding carboxylic acids is 2. The van der Waals surface area contributed by atoms with Crippen molar-refractivity contribution in [2.24, 2.45) is 5.41 Å². The first-order valence-corrected chi connectivity index (χ1v) is 11.2. The second kappa shape index (κ2) is 8.40. The lowest BCUT2D eigenvalue weighted by molar-refractivity contribution is -0.142. The molecule has 0 saturated heterocycles. The normalized spacial score (nSPS) is 11.5. The zero-order valence-electron chi connectivity index (χ0n) is 18.5. The van der Waals surface area contributed by atoms with Gasteiger partial charge in [-0.15, -0.1) is 0 Å². The van der Waals surface area contributed by atoms with Crippen molar-refractivity contribution in [1.29, 1.82) is 0 Å². The first-order valence-electron chi connectivity index (χ1n) is 10.4. The van der Waals surface area contributed by atoms with E-state index in [2.05, 4.69) is 20.5 Å². The number of hydrogen-bond donors (Lipinski definition) is 0. The number of esters is 1. The highest BCUT2D eigenvalue weighted by Crippen LogP contribution is 2.34. The summed E-state index contributed by atoms with van der Waals surface area (Å²) in [7, 11) is 0. The Morgan fingerprint density at radius 1 is 0.906 bits per heavy atom. The third-order valence-electron chi connectivity index (χ3n) is 5.35. The van der Waals surface area contributed by atoms with Crippen LogP contribution in [-0.2, 0) is 4.79 Å². The van der Waals surface area contributed by atoms with Crippen molar-refractivity contribution in [3.63, 3.8) is 0 Å². The Labute approximate surface area is 196 Å². The minimum Gasteiger partial charge on any atom is -0.426 e. The predicted molar refractivity (Wildman–Crippen MR) is 131 cm³/mol. The molecule has 4 rings (SSSR count). The number of fused-ring (bicyclic) bond motifs is 1. The molecule has 0 unspecified atom stereocenters. The van der Waals surface area contributed by atoms with E-state index in [1.54, 1.807) is 12.1 Å². The molecule has 0 saturated carbocycles. The number of ether oxygens (including phenoxy) is 1. The SMILES string of the molecule is Cc1c(C(=O)c2ccccc2)c2cc(OC(=O)C(C)(C)C)ccc2n1-c1ccc(Br)cc1. The van der Waals surface area contributed by atoms with E-state index >= 15 is 0 Å². The van der Waals surface area contributed by atoms with Gasteiger partial charge < -0.3 is 9.30 Å². The van der Waals surface area contributed by atoms with E-state index in [1.807, 2.05) is 88.4 Å². The van der Waals surface area contributed by atoms with Crippen LogP contribution in [0, 0.1) is 12.3 Å². The molecule has 0 amide bonds. The molecule has 0 aliphatic heterocycles. The number of carbonyl (C=O) groups is 2. The van der Waals surface area contributed by atoms with Gasteiger partial charge in [-0.1, -0.05) is 46.3 Å². The standard InChI is InChI=1S/C27H24BrNO3/c1-17-24(25(30)18-8-6-5-7-9-18)22-16-21(32-26(31)27(2,3)4)14-15-23(22)29(17)20-12-10-19(28)11-13-20/h5-16H,1-4H3. The molecule has 0 aliphatic rings. The fourth-order valence-corrected chi connectivity index (χ4v) is 3.93. The number of aromatic nitrogens is 1. The molecule has 0 radical (unpaired) electrons. The Hall–Kier alpha value is -3.18. The van der Waals surface area contributed by atoms with E-state index in [1.165, 1.54) is 0 Å². The van der Waals surface area contributed by atoms with Gasteiger partial charge in [0, 0.05) is 26.8 Å². The zero-order valence-corrected chi connectivity index (χ0v) is 20.1. The summed E-state index contributed by atoms with van der Waals surface area (Å²) < 4.78 is 8.67. The number of benzene rings is 3. The number of rotatable bonds is 4. The molecular weight excluding hydrogens is 466 g/mol. The third-order valence-corrected chi connectivity index (χ3v) is 5.87. The van der Waals surface area contributed by atoms with Crippen LogP contribution in [0.25, 0.3) is 16.6 Å². The van der Waals surface area contributed by atoms with Gasteiger partial charge in [-0.25, -0.2) is 0 Å². The van der Waals surface area contributed by atoms with Gasteiger partial charge in [0.05, 0.1) is 16.5 Å². The Morgan fingerprint density at radius 2 is 1.56 bits per heavy atom. The van der Waals surface area contributed by atoms with Crippen LogP contribution in [0.5, 0.6) is 5.75 Å². The van der Waals surface area contributed by atoms with E-state index in [0.29, 0.717) is 16.9 Å². The van der Waals surface area contributed by atoms with Crippen molar-refractivity contribution in [2.75, 3.05) is 0 Å². The highest BCUT2D eigenvalue weighted by Gasteiger charge is 2.26. The van der Waals surface area contributed by atoms with Gasteiger partial charge >= 0.3 is 5.97 Å². The molecular formula is C27H24BrNO3. The molecule has 4 aromatic rings. The van der Waals surface area contributed by atoms with Gasteiger partial charge in [-0.3, -0.25) is 9.59 Å². The largest absolute Gasteiger partial charge is 0.426 e. The van der Waals surface area contributed by atoms with Gasteiger partial charge in [-0.2, -0.15) is 0 Å². The fourth-order valence-electron chi connectivity index (χ4n) is 3.66. The van der Waals surface area contributed by atoms with Crippen LogP contribution in [0.4, 0.5) is 0 Å². The van der Waals surface area contributed by atoms with Crippen LogP contribution in [-0.4, -0.2) is 16.3 Å². The molecule has 4 nitrogen and oxygen atoms in total. The van der Waals surface area contributed by atoms with Crippen LogP contribution in [0.2, 0.25) is 0 Å². The van der Waals surface area contributed by atoms with Gasteiger partial charge in [0.25, 0.3) is 0 Å². The smallest absolute Gasteiger partial charge is 0.316 e. The Balaban J connectivity index is 1.93. The lowest BCUT2D eigenvalue weighted by atomic mass is 9.97. The zero-order chi connectivity index (χ0) is 23.0. The van der Waals surface area contributed by atoms with Crippen LogP contribution in [0.1, 0.15) is 42.4 Å². The molecule has 162 valence electrons. The monoisotopic (exact) mass is 489 g/mol. The average molecular weight is 490 g/mol. The van der Waals surface area contributed by atoms with E-state index in [9.17, 15) is 9.59 Å². The topological polar surface area (TPSA) is 48.3 Å². The molecule has 0 spiro atoms. The Bertz CT molecular complexity index is 1310. The highest BCUT2D eigenvalue weighted by atomic mass is 79.9. The summed E-state index contributed by atoms with van der Waals surface area (Å²) in [6.07, 6.45) is 0. The summed E-state index contributed by atoms with van der Waals surface area (Å²) in [6, 6.07) is 22.6. The van der Waals surface area contributed by atoms with E-state index in [-0.39, 0.29) is 11.8 Å². The van der Waals surface area contributed by atoms with Crippen molar-refractivity contribution in [3.05, 3.63) is 94.1 Å². The Kier molecular flexibility index (Phi) is 5.78. The minimum atomic E-state index is -0.628. The Morgan fingerprint density at radius 3 is 2.19 bits per heavy atom.